The molecule has 2 aromatic carbocycles. The topological polar surface area (TPSA) is 63.2 Å². The Labute approximate surface area is 202 Å². The summed E-state index contributed by atoms with van der Waals surface area (Å²) in [5.41, 5.74) is 1.88. The van der Waals surface area contributed by atoms with Crippen molar-refractivity contribution in [3.05, 3.63) is 66.0 Å². The molecule has 168 valence electrons. The van der Waals surface area contributed by atoms with Crippen molar-refractivity contribution >= 4 is 40.8 Å². The number of nitrogens with zero attached hydrogens (tertiary/aromatic N) is 4. The van der Waals surface area contributed by atoms with Gasteiger partial charge < -0.3 is 15.0 Å². The van der Waals surface area contributed by atoms with Crippen molar-refractivity contribution in [2.24, 2.45) is 0 Å². The van der Waals surface area contributed by atoms with E-state index in [1.807, 2.05) is 54.6 Å². The summed E-state index contributed by atoms with van der Waals surface area (Å²) >= 11 is 18.2. The molecule has 0 bridgehead atoms. The van der Waals surface area contributed by atoms with E-state index in [1.165, 1.54) is 12.8 Å². The zero-order valence-corrected chi connectivity index (χ0v) is 19.7. The lowest BCUT2D eigenvalue weighted by atomic mass is 10.2. The van der Waals surface area contributed by atoms with E-state index in [1.54, 1.807) is 0 Å². The molecular formula is C23H24Cl3N5O. The third kappa shape index (κ3) is 6.45. The highest BCUT2D eigenvalue weighted by Crippen LogP contribution is 2.37. The van der Waals surface area contributed by atoms with Gasteiger partial charge in [0.1, 0.15) is 12.4 Å². The van der Waals surface area contributed by atoms with Crippen LogP contribution in [0.5, 0.6) is 5.75 Å². The zero-order valence-electron chi connectivity index (χ0n) is 17.5. The van der Waals surface area contributed by atoms with Gasteiger partial charge in [-0.05, 0) is 55.8 Å². The van der Waals surface area contributed by atoms with Crippen molar-refractivity contribution in [1.29, 1.82) is 0 Å². The molecule has 0 atom stereocenters. The lowest BCUT2D eigenvalue weighted by molar-refractivity contribution is 0.306. The van der Waals surface area contributed by atoms with E-state index in [0.717, 1.165) is 36.5 Å². The maximum absolute atomic E-state index is 6.07. The smallest absolute Gasteiger partial charge is 0.250 e. The molecule has 1 aliphatic rings. The Balaban J connectivity index is 1.46. The Kier molecular flexibility index (Phi) is 7.68. The van der Waals surface area contributed by atoms with Crippen molar-refractivity contribution in [3.63, 3.8) is 0 Å². The van der Waals surface area contributed by atoms with Crippen molar-refractivity contribution in [1.82, 2.24) is 19.9 Å². The van der Waals surface area contributed by atoms with Crippen LogP contribution in [0.25, 0.3) is 11.4 Å². The van der Waals surface area contributed by atoms with E-state index < -0.39 is 3.79 Å². The summed E-state index contributed by atoms with van der Waals surface area (Å²) in [6.45, 7) is 4.37. The first-order chi connectivity index (χ1) is 15.5. The number of nitrogens with one attached hydrogen (secondary N) is 1. The van der Waals surface area contributed by atoms with Crippen LogP contribution < -0.4 is 10.1 Å². The highest BCUT2D eigenvalue weighted by molar-refractivity contribution is 6.66. The molecule has 6 nitrogen and oxygen atoms in total. The van der Waals surface area contributed by atoms with Crippen LogP contribution in [0.15, 0.2) is 54.6 Å². The van der Waals surface area contributed by atoms with Crippen molar-refractivity contribution in [2.45, 2.75) is 23.2 Å². The van der Waals surface area contributed by atoms with Gasteiger partial charge >= 0.3 is 0 Å². The van der Waals surface area contributed by atoms with Crippen LogP contribution in [0.1, 0.15) is 24.2 Å². The van der Waals surface area contributed by atoms with Gasteiger partial charge in [-0.2, -0.15) is 9.97 Å². The number of ether oxygens (including phenoxy) is 1. The van der Waals surface area contributed by atoms with Gasteiger partial charge in [0.15, 0.2) is 11.6 Å². The highest BCUT2D eigenvalue weighted by Gasteiger charge is 2.28. The maximum atomic E-state index is 6.07. The number of hydrogen-bond acceptors (Lipinski definition) is 6. The standard InChI is InChI=1S/C23H24Cl3N5O/c24-23(25,26)21-28-20(29-22(30-21)27-12-15-31-13-4-5-14-31)18-8-10-19(11-9-18)32-16-17-6-2-1-3-7-17/h1-3,6-11H,4-5,12-16H2,(H,27,28,29,30). The van der Waals surface area contributed by atoms with Crippen LogP contribution in [0, 0.1) is 0 Å². The normalized spacial score (nSPS) is 14.5. The van der Waals surface area contributed by atoms with Crippen LogP contribution in [-0.2, 0) is 10.4 Å². The molecule has 32 heavy (non-hydrogen) atoms. The number of halogens is 3. The molecule has 0 aliphatic carbocycles. The Bertz CT molecular complexity index is 1010. The second-order valence-corrected chi connectivity index (χ2v) is 9.86. The molecule has 1 N–H and O–H groups in total. The largest absolute Gasteiger partial charge is 0.489 e. The maximum Gasteiger partial charge on any atom is 0.250 e. The molecule has 0 saturated carbocycles. The fourth-order valence-corrected chi connectivity index (χ4v) is 3.74. The molecule has 1 aliphatic heterocycles. The molecular weight excluding hydrogens is 469 g/mol. The Morgan fingerprint density at radius 2 is 1.62 bits per heavy atom. The van der Waals surface area contributed by atoms with Crippen LogP contribution in [-0.4, -0.2) is 46.0 Å². The van der Waals surface area contributed by atoms with Gasteiger partial charge in [0.2, 0.25) is 9.74 Å². The molecule has 9 heteroatoms. The summed E-state index contributed by atoms with van der Waals surface area (Å²) in [6, 6.07) is 17.5. The van der Waals surface area contributed by atoms with E-state index in [2.05, 4.69) is 25.2 Å². The number of benzene rings is 2. The van der Waals surface area contributed by atoms with Crippen molar-refractivity contribution < 1.29 is 4.74 Å². The van der Waals surface area contributed by atoms with Crippen LogP contribution in [0.3, 0.4) is 0 Å². The van der Waals surface area contributed by atoms with Gasteiger partial charge in [0, 0.05) is 18.7 Å². The zero-order chi connectivity index (χ0) is 22.4. The molecule has 1 fully saturated rings. The summed E-state index contributed by atoms with van der Waals surface area (Å²) in [5, 5.41) is 3.24. The van der Waals surface area contributed by atoms with E-state index in [9.17, 15) is 0 Å². The van der Waals surface area contributed by atoms with E-state index in [4.69, 9.17) is 39.5 Å². The quantitative estimate of drug-likeness (QED) is 0.422. The van der Waals surface area contributed by atoms with Crippen LogP contribution >= 0.6 is 34.8 Å². The SMILES string of the molecule is ClC(Cl)(Cl)c1nc(NCCN2CCCC2)nc(-c2ccc(OCc3ccccc3)cc2)n1. The molecule has 1 saturated heterocycles. The summed E-state index contributed by atoms with van der Waals surface area (Å²) in [4.78, 5) is 15.6. The van der Waals surface area contributed by atoms with Gasteiger partial charge in [-0.25, -0.2) is 4.98 Å². The lowest BCUT2D eigenvalue weighted by Gasteiger charge is -2.16. The fraction of sp³-hybridized carbons (Fsp3) is 0.348. The van der Waals surface area contributed by atoms with Gasteiger partial charge in [0.25, 0.3) is 0 Å². The first-order valence-corrected chi connectivity index (χ1v) is 11.7. The van der Waals surface area contributed by atoms with E-state index in [0.29, 0.717) is 24.9 Å². The molecule has 2 heterocycles. The molecule has 0 radical (unpaired) electrons. The average molecular weight is 493 g/mol. The number of rotatable bonds is 8. The summed E-state index contributed by atoms with van der Waals surface area (Å²) < 4.78 is 4.10. The summed E-state index contributed by atoms with van der Waals surface area (Å²) in [6.07, 6.45) is 2.50. The molecule has 4 rings (SSSR count). The molecule has 1 aromatic heterocycles. The minimum absolute atomic E-state index is 0.0839. The second kappa shape index (κ2) is 10.7. The number of likely N-dealkylation sites (tertiary alicyclic amines) is 1. The Morgan fingerprint density at radius 3 is 2.31 bits per heavy atom. The lowest BCUT2D eigenvalue weighted by Crippen LogP contribution is -2.26. The molecule has 0 unspecified atom stereocenters. The minimum Gasteiger partial charge on any atom is -0.489 e. The highest BCUT2D eigenvalue weighted by atomic mass is 35.6. The number of alkyl halides is 3. The Hall–Kier alpha value is -2.12. The summed E-state index contributed by atoms with van der Waals surface area (Å²) in [5.74, 6) is 1.65. The predicted molar refractivity (Wildman–Crippen MR) is 129 cm³/mol. The van der Waals surface area contributed by atoms with Crippen molar-refractivity contribution in [2.75, 3.05) is 31.5 Å². The molecule has 0 spiro atoms. The predicted octanol–water partition coefficient (Wildman–Crippen LogP) is 5.45. The van der Waals surface area contributed by atoms with Gasteiger partial charge in [0.05, 0.1) is 0 Å². The molecule has 3 aromatic rings. The van der Waals surface area contributed by atoms with E-state index >= 15 is 0 Å². The van der Waals surface area contributed by atoms with Crippen molar-refractivity contribution in [3.8, 4) is 17.1 Å². The van der Waals surface area contributed by atoms with Crippen LogP contribution in [0.4, 0.5) is 5.95 Å². The third-order valence-electron chi connectivity index (χ3n) is 5.16. The molecule has 0 amide bonds. The first-order valence-electron chi connectivity index (χ1n) is 10.5. The van der Waals surface area contributed by atoms with E-state index in [-0.39, 0.29) is 5.82 Å². The number of anilines is 1. The summed E-state index contributed by atoms with van der Waals surface area (Å²) in [7, 11) is 0. The fourth-order valence-electron chi connectivity index (χ4n) is 3.48. The first kappa shape index (κ1) is 23.1. The van der Waals surface area contributed by atoms with Gasteiger partial charge in [-0.1, -0.05) is 65.1 Å². The Morgan fingerprint density at radius 1 is 0.906 bits per heavy atom. The third-order valence-corrected chi connectivity index (χ3v) is 5.67. The van der Waals surface area contributed by atoms with Gasteiger partial charge in [-0.3, -0.25) is 0 Å². The minimum atomic E-state index is -1.75. The van der Waals surface area contributed by atoms with Gasteiger partial charge in [-0.15, -0.1) is 0 Å². The average Bonchev–Trinajstić information content (AvgIpc) is 3.32. The second-order valence-electron chi connectivity index (χ2n) is 7.58. The number of hydrogen-bond donors (Lipinski definition) is 1. The van der Waals surface area contributed by atoms with Crippen LogP contribution in [0.2, 0.25) is 0 Å². The number of aromatic nitrogens is 3. The monoisotopic (exact) mass is 491 g/mol.